The van der Waals surface area contributed by atoms with Crippen molar-refractivity contribution in [1.82, 2.24) is 4.57 Å². The third-order valence-corrected chi connectivity index (χ3v) is 6.97. The molecule has 214 valence electrons. The third kappa shape index (κ3) is 7.37. The van der Waals surface area contributed by atoms with Crippen molar-refractivity contribution < 1.29 is 24.1 Å². The predicted octanol–water partition coefficient (Wildman–Crippen LogP) is 6.69. The highest BCUT2D eigenvalue weighted by Gasteiger charge is 2.24. The van der Waals surface area contributed by atoms with E-state index in [0.717, 1.165) is 11.1 Å². The maximum atomic E-state index is 13.2. The molecular weight excluding hydrogens is 542 g/mol. The van der Waals surface area contributed by atoms with Gasteiger partial charge in [-0.05, 0) is 30.0 Å². The molecule has 41 heavy (non-hydrogen) atoms. The monoisotopic (exact) mass is 575 g/mol. The summed E-state index contributed by atoms with van der Waals surface area (Å²) in [6.45, 7) is 6.05. The van der Waals surface area contributed by atoms with Gasteiger partial charge in [-0.3, -0.25) is 4.79 Å². The van der Waals surface area contributed by atoms with Crippen LogP contribution in [0.4, 0.5) is 0 Å². The van der Waals surface area contributed by atoms with Gasteiger partial charge in [0.15, 0.2) is 5.43 Å². The first-order valence-electron chi connectivity index (χ1n) is 13.5. The molecule has 1 aromatic heterocycles. The van der Waals surface area contributed by atoms with Gasteiger partial charge in [0.25, 0.3) is 0 Å². The van der Waals surface area contributed by atoms with Gasteiger partial charge < -0.3 is 23.9 Å². The van der Waals surface area contributed by atoms with Crippen LogP contribution < -0.4 is 14.9 Å². The fraction of sp³-hybridized carbons (Fsp3) is 0.273. The van der Waals surface area contributed by atoms with Gasteiger partial charge in [0, 0.05) is 23.9 Å². The minimum Gasteiger partial charge on any atom is -0.488 e. The van der Waals surface area contributed by atoms with Crippen LogP contribution >= 0.6 is 11.6 Å². The Morgan fingerprint density at radius 1 is 0.902 bits per heavy atom. The van der Waals surface area contributed by atoms with E-state index in [1.165, 1.54) is 12.3 Å². The number of carbonyl (C=O) groups excluding carboxylic acids is 1. The van der Waals surface area contributed by atoms with E-state index >= 15 is 0 Å². The lowest BCUT2D eigenvalue weighted by Gasteiger charge is -2.27. The van der Waals surface area contributed by atoms with Gasteiger partial charge in [-0.2, -0.15) is 0 Å². The van der Waals surface area contributed by atoms with E-state index in [-0.39, 0.29) is 31.3 Å². The lowest BCUT2D eigenvalue weighted by atomic mass is 10.0. The second-order valence-electron chi connectivity index (χ2n) is 9.89. The molecule has 1 N–H and O–H groups in total. The Hall–Kier alpha value is -4.07. The summed E-state index contributed by atoms with van der Waals surface area (Å²) in [5, 5.41) is 10.7. The van der Waals surface area contributed by atoms with Gasteiger partial charge in [0.05, 0.1) is 30.0 Å². The van der Waals surface area contributed by atoms with Crippen LogP contribution in [0.25, 0.3) is 11.3 Å². The minimum atomic E-state index is -0.721. The van der Waals surface area contributed by atoms with Gasteiger partial charge in [0.2, 0.25) is 0 Å². The summed E-state index contributed by atoms with van der Waals surface area (Å²) < 4.78 is 19.2. The van der Waals surface area contributed by atoms with E-state index in [0.29, 0.717) is 34.4 Å². The number of nitrogens with zero attached hydrogens (tertiary/aromatic N) is 1. The second-order valence-corrected chi connectivity index (χ2v) is 10.3. The molecule has 0 radical (unpaired) electrons. The first kappa shape index (κ1) is 29.9. The zero-order chi connectivity index (χ0) is 29.4. The Morgan fingerprint density at radius 3 is 2.02 bits per heavy atom. The van der Waals surface area contributed by atoms with Gasteiger partial charge in [-0.15, -0.1) is 0 Å². The maximum Gasteiger partial charge on any atom is 0.343 e. The molecule has 3 aromatic carbocycles. The van der Waals surface area contributed by atoms with E-state index < -0.39 is 17.4 Å². The first-order valence-corrected chi connectivity index (χ1v) is 13.9. The van der Waals surface area contributed by atoms with Crippen molar-refractivity contribution in [3.8, 4) is 22.8 Å². The molecule has 0 saturated heterocycles. The highest BCUT2D eigenvalue weighted by molar-refractivity contribution is 6.32. The largest absolute Gasteiger partial charge is 0.488 e. The van der Waals surface area contributed by atoms with Crippen LogP contribution in [-0.4, -0.2) is 28.9 Å². The summed E-state index contributed by atoms with van der Waals surface area (Å²) in [6, 6.07) is 23.7. The normalized spacial score (nSPS) is 11.8. The van der Waals surface area contributed by atoms with Crippen LogP contribution in [0.5, 0.6) is 11.5 Å². The predicted molar refractivity (Wildman–Crippen MR) is 160 cm³/mol. The van der Waals surface area contributed by atoms with E-state index in [1.807, 2.05) is 74.5 Å². The molecule has 0 aliphatic rings. The fourth-order valence-electron chi connectivity index (χ4n) is 4.46. The van der Waals surface area contributed by atoms with Crippen LogP contribution in [0.3, 0.4) is 0 Å². The smallest absolute Gasteiger partial charge is 0.343 e. The number of esters is 1. The number of aliphatic hydroxyl groups excluding tert-OH is 1. The Balaban J connectivity index is 1.85. The van der Waals surface area contributed by atoms with Crippen molar-refractivity contribution in [2.75, 3.05) is 13.2 Å². The van der Waals surface area contributed by atoms with Crippen LogP contribution in [0.2, 0.25) is 5.02 Å². The number of aromatic nitrogens is 1. The first-order chi connectivity index (χ1) is 19.8. The van der Waals surface area contributed by atoms with Crippen LogP contribution in [-0.2, 0) is 18.0 Å². The molecule has 1 heterocycles. The lowest BCUT2D eigenvalue weighted by molar-refractivity contribution is 0.0523. The van der Waals surface area contributed by atoms with Crippen LogP contribution in [0, 0.1) is 5.92 Å². The molecule has 4 aromatic rings. The second kappa shape index (κ2) is 14.0. The molecule has 1 atom stereocenters. The number of benzene rings is 3. The topological polar surface area (TPSA) is 87.0 Å². The van der Waals surface area contributed by atoms with Gasteiger partial charge >= 0.3 is 5.97 Å². The number of hydrogen-bond acceptors (Lipinski definition) is 6. The Morgan fingerprint density at radius 2 is 1.49 bits per heavy atom. The maximum absolute atomic E-state index is 13.2. The molecule has 0 spiro atoms. The number of hydrogen-bond donors (Lipinski definition) is 1. The summed E-state index contributed by atoms with van der Waals surface area (Å²) in [7, 11) is 0. The highest BCUT2D eigenvalue weighted by Crippen LogP contribution is 2.40. The summed E-state index contributed by atoms with van der Waals surface area (Å²) in [5.74, 6) is 0.0937. The third-order valence-electron chi connectivity index (χ3n) is 6.67. The zero-order valence-electron chi connectivity index (χ0n) is 23.4. The van der Waals surface area contributed by atoms with Crippen molar-refractivity contribution in [3.05, 3.63) is 117 Å². The summed E-state index contributed by atoms with van der Waals surface area (Å²) in [6.07, 6.45) is 1.45. The Labute approximate surface area is 244 Å². The molecule has 0 bridgehead atoms. The Kier molecular flexibility index (Phi) is 10.2. The molecule has 7 nitrogen and oxygen atoms in total. The molecule has 1 unspecified atom stereocenters. The molecule has 0 aliphatic heterocycles. The number of aliphatic hydroxyl groups is 1. The van der Waals surface area contributed by atoms with E-state index in [2.05, 4.69) is 0 Å². The molecular formula is C33H34ClNO6. The summed E-state index contributed by atoms with van der Waals surface area (Å²) >= 11 is 6.73. The van der Waals surface area contributed by atoms with Gasteiger partial charge in [0.1, 0.15) is 30.3 Å². The number of halogens is 1. The van der Waals surface area contributed by atoms with Crippen molar-refractivity contribution in [2.24, 2.45) is 5.92 Å². The van der Waals surface area contributed by atoms with E-state index in [1.54, 1.807) is 23.6 Å². The van der Waals surface area contributed by atoms with Crippen LogP contribution in [0.15, 0.2) is 89.9 Å². The number of pyridine rings is 1. The molecule has 0 saturated carbocycles. The van der Waals surface area contributed by atoms with E-state index in [4.69, 9.17) is 25.8 Å². The summed E-state index contributed by atoms with van der Waals surface area (Å²) in [5.41, 5.74) is 2.26. The zero-order valence-corrected chi connectivity index (χ0v) is 24.1. The molecule has 8 heteroatoms. The van der Waals surface area contributed by atoms with Crippen LogP contribution in [0.1, 0.15) is 48.3 Å². The molecule has 4 rings (SSSR count). The molecule has 0 fully saturated rings. The lowest BCUT2D eigenvalue weighted by Crippen LogP contribution is -2.26. The average Bonchev–Trinajstić information content (AvgIpc) is 2.97. The fourth-order valence-corrected chi connectivity index (χ4v) is 4.68. The van der Waals surface area contributed by atoms with Gasteiger partial charge in [-0.1, -0.05) is 86.1 Å². The Bertz CT molecular complexity index is 1520. The van der Waals surface area contributed by atoms with Gasteiger partial charge in [-0.25, -0.2) is 4.79 Å². The standard InChI is InChI=1S/C33H34ClNO6/c1-4-39-33(38)26-18-35(29(19-36)22(2)3)28(16-30(26)37)25-15-27(34)32(41-21-24-13-9-6-10-14-24)17-31(25)40-20-23-11-7-5-8-12-23/h5-18,22,29,36H,4,19-21H2,1-3H3. The number of rotatable bonds is 12. The minimum absolute atomic E-state index is 0.0334. The average molecular weight is 576 g/mol. The SMILES string of the molecule is CCOC(=O)c1cn(C(CO)C(C)C)c(-c2cc(Cl)c(OCc3ccccc3)cc2OCc2ccccc2)cc1=O. The highest BCUT2D eigenvalue weighted by atomic mass is 35.5. The van der Waals surface area contributed by atoms with Crippen molar-refractivity contribution >= 4 is 17.6 Å². The van der Waals surface area contributed by atoms with Crippen molar-refractivity contribution in [1.29, 1.82) is 0 Å². The van der Waals surface area contributed by atoms with E-state index in [9.17, 15) is 14.7 Å². The molecule has 0 amide bonds. The molecule has 0 aliphatic carbocycles. The number of ether oxygens (including phenoxy) is 3. The number of carbonyl (C=O) groups is 1. The van der Waals surface area contributed by atoms with Crippen molar-refractivity contribution in [3.63, 3.8) is 0 Å². The summed E-state index contributed by atoms with van der Waals surface area (Å²) in [4.78, 5) is 25.8. The quantitative estimate of drug-likeness (QED) is 0.189. The van der Waals surface area contributed by atoms with Crippen molar-refractivity contribution in [2.45, 2.75) is 40.0 Å².